The Bertz CT molecular complexity index is 791. The zero-order valence-corrected chi connectivity index (χ0v) is 27.7. The van der Waals surface area contributed by atoms with Gasteiger partial charge < -0.3 is 25.2 Å². The summed E-state index contributed by atoms with van der Waals surface area (Å²) in [6, 6.07) is -1.47. The van der Waals surface area contributed by atoms with Crippen LogP contribution in [0.25, 0.3) is 0 Å². The molecule has 0 aliphatic carbocycles. The molecule has 10 nitrogen and oxygen atoms in total. The van der Waals surface area contributed by atoms with Crippen molar-refractivity contribution in [3.05, 3.63) is 24.3 Å². The Hall–Kier alpha value is -1.55. The van der Waals surface area contributed by atoms with Crippen LogP contribution in [0.3, 0.4) is 0 Å². The minimum Gasteiger partial charge on any atom is -0.480 e. The van der Waals surface area contributed by atoms with Crippen molar-refractivity contribution in [2.45, 2.75) is 142 Å². The van der Waals surface area contributed by atoms with Gasteiger partial charge in [-0.05, 0) is 38.5 Å². The Morgan fingerprint density at radius 3 is 1.98 bits per heavy atom. The molecule has 43 heavy (non-hydrogen) atoms. The van der Waals surface area contributed by atoms with Crippen molar-refractivity contribution in [3.8, 4) is 0 Å². The number of ether oxygens (including phenoxy) is 2. The van der Waals surface area contributed by atoms with Crippen molar-refractivity contribution < 1.29 is 42.7 Å². The molecule has 0 aliphatic rings. The monoisotopic (exact) mass is 633 g/mol. The number of unbranched alkanes of at least 4 members (excludes halogenated alkanes) is 13. The molecule has 0 aromatic carbocycles. The van der Waals surface area contributed by atoms with E-state index in [4.69, 9.17) is 24.8 Å². The van der Waals surface area contributed by atoms with E-state index in [2.05, 4.69) is 42.7 Å². The maximum absolute atomic E-state index is 12.5. The average Bonchev–Trinajstić information content (AvgIpc) is 2.97. The number of carboxylic acids is 1. The van der Waals surface area contributed by atoms with Gasteiger partial charge in [-0.15, -0.1) is 0 Å². The number of allylic oxidation sites excluding steroid dienone is 4. The summed E-state index contributed by atoms with van der Waals surface area (Å²) in [4.78, 5) is 33.2. The van der Waals surface area contributed by atoms with Crippen LogP contribution in [0.2, 0.25) is 0 Å². The molecule has 3 unspecified atom stereocenters. The van der Waals surface area contributed by atoms with Gasteiger partial charge in [0, 0.05) is 13.0 Å². The number of carboxylic acid groups (broad SMARTS) is 1. The lowest BCUT2D eigenvalue weighted by atomic mass is 10.1. The van der Waals surface area contributed by atoms with Crippen LogP contribution in [-0.4, -0.2) is 60.5 Å². The zero-order valence-electron chi connectivity index (χ0n) is 26.8. The summed E-state index contributed by atoms with van der Waals surface area (Å²) >= 11 is 0. The molecule has 252 valence electrons. The maximum atomic E-state index is 12.5. The van der Waals surface area contributed by atoms with E-state index >= 15 is 0 Å². The number of nitrogens with two attached hydrogens (primary N) is 1. The molecule has 0 spiro atoms. The molecule has 3 atom stereocenters. The Morgan fingerprint density at radius 2 is 1.33 bits per heavy atom. The molecule has 0 amide bonds. The topological polar surface area (TPSA) is 155 Å². The number of aliphatic carboxylic acids is 1. The summed E-state index contributed by atoms with van der Waals surface area (Å²) < 4.78 is 33.0. The molecule has 0 saturated heterocycles. The Kier molecular flexibility index (Phi) is 28.1. The molecular weight excluding hydrogens is 573 g/mol. The van der Waals surface area contributed by atoms with Gasteiger partial charge in [-0.3, -0.25) is 18.6 Å². The fraction of sp³-hybridized carbons (Fsp3) is 0.812. The molecule has 0 bridgehead atoms. The Labute approximate surface area is 260 Å². The molecule has 0 radical (unpaired) electrons. The van der Waals surface area contributed by atoms with Crippen molar-refractivity contribution in [2.24, 2.45) is 5.73 Å². The quantitative estimate of drug-likeness (QED) is 0.0300. The second-order valence-electron chi connectivity index (χ2n) is 10.9. The lowest BCUT2D eigenvalue weighted by molar-refractivity contribution is -0.154. The number of esters is 1. The van der Waals surface area contributed by atoms with Crippen LogP contribution in [-0.2, 0) is 32.7 Å². The minimum atomic E-state index is -4.60. The predicted molar refractivity (Wildman–Crippen MR) is 171 cm³/mol. The van der Waals surface area contributed by atoms with Crippen molar-refractivity contribution in [2.75, 3.05) is 26.4 Å². The maximum Gasteiger partial charge on any atom is 0.472 e. The van der Waals surface area contributed by atoms with E-state index in [0.717, 1.165) is 64.2 Å². The smallest absolute Gasteiger partial charge is 0.472 e. The standard InChI is InChI=1S/C32H60NO9P/c1-3-5-7-9-11-13-14-15-16-17-18-20-22-24-31(34)42-29(26-39-25-23-21-19-12-10-8-6-4-2)27-40-43(37,38)41-28-30(33)32(35)36/h7,9,13-14,29-30H,3-6,8,10-12,15-28,33H2,1-2H3,(H,35,36)(H,37,38)/b9-7-,14-13-. The third-order valence-electron chi connectivity index (χ3n) is 6.71. The highest BCUT2D eigenvalue weighted by atomic mass is 31.2. The van der Waals surface area contributed by atoms with Crippen LogP contribution in [0, 0.1) is 0 Å². The first kappa shape index (κ1) is 41.4. The molecular formula is C32H60NO9P. The van der Waals surface area contributed by atoms with Crippen LogP contribution in [0.15, 0.2) is 24.3 Å². The van der Waals surface area contributed by atoms with E-state index < -0.39 is 45.1 Å². The fourth-order valence-corrected chi connectivity index (χ4v) is 4.89. The van der Waals surface area contributed by atoms with E-state index in [1.807, 2.05) is 0 Å². The number of hydrogen-bond donors (Lipinski definition) is 3. The first-order chi connectivity index (χ1) is 20.7. The van der Waals surface area contributed by atoms with Crippen molar-refractivity contribution >= 4 is 19.8 Å². The molecule has 11 heteroatoms. The molecule has 0 saturated carbocycles. The normalized spacial score (nSPS) is 14.7. The largest absolute Gasteiger partial charge is 0.480 e. The second-order valence-corrected chi connectivity index (χ2v) is 12.4. The van der Waals surface area contributed by atoms with Gasteiger partial charge in [0.2, 0.25) is 0 Å². The van der Waals surface area contributed by atoms with E-state index in [9.17, 15) is 19.0 Å². The number of phosphoric acid groups is 1. The summed E-state index contributed by atoms with van der Waals surface area (Å²) in [5, 5.41) is 8.82. The van der Waals surface area contributed by atoms with Crippen LogP contribution in [0.1, 0.15) is 129 Å². The number of carbonyl (C=O) groups is 2. The third kappa shape index (κ3) is 28.9. The number of phosphoric ester groups is 1. The van der Waals surface area contributed by atoms with Gasteiger partial charge in [-0.2, -0.15) is 0 Å². The molecule has 0 rings (SSSR count). The summed E-state index contributed by atoms with van der Waals surface area (Å²) in [6.07, 6.45) is 26.7. The summed E-state index contributed by atoms with van der Waals surface area (Å²) in [5.74, 6) is -1.80. The molecule has 0 aromatic rings. The van der Waals surface area contributed by atoms with Crippen LogP contribution >= 0.6 is 7.82 Å². The molecule has 0 heterocycles. The molecule has 4 N–H and O–H groups in total. The van der Waals surface area contributed by atoms with Crippen LogP contribution < -0.4 is 5.73 Å². The van der Waals surface area contributed by atoms with Crippen molar-refractivity contribution in [1.29, 1.82) is 0 Å². The fourth-order valence-electron chi connectivity index (χ4n) is 4.11. The third-order valence-corrected chi connectivity index (χ3v) is 7.67. The second kappa shape index (κ2) is 29.2. The zero-order chi connectivity index (χ0) is 32.0. The van der Waals surface area contributed by atoms with E-state index in [-0.39, 0.29) is 13.0 Å². The highest BCUT2D eigenvalue weighted by Gasteiger charge is 2.27. The van der Waals surface area contributed by atoms with Gasteiger partial charge in [0.25, 0.3) is 0 Å². The van der Waals surface area contributed by atoms with Crippen molar-refractivity contribution in [1.82, 2.24) is 0 Å². The van der Waals surface area contributed by atoms with Gasteiger partial charge in [0.05, 0.1) is 19.8 Å². The van der Waals surface area contributed by atoms with E-state index in [0.29, 0.717) is 13.0 Å². The lowest BCUT2D eigenvalue weighted by Crippen LogP contribution is -2.34. The van der Waals surface area contributed by atoms with Crippen LogP contribution in [0.4, 0.5) is 0 Å². The van der Waals surface area contributed by atoms with Gasteiger partial charge >= 0.3 is 19.8 Å². The lowest BCUT2D eigenvalue weighted by Gasteiger charge is -2.20. The molecule has 0 fully saturated rings. The van der Waals surface area contributed by atoms with E-state index in [1.165, 1.54) is 38.5 Å². The van der Waals surface area contributed by atoms with E-state index in [1.54, 1.807) is 0 Å². The average molecular weight is 634 g/mol. The number of rotatable bonds is 31. The van der Waals surface area contributed by atoms with Gasteiger partial charge in [0.1, 0.15) is 12.1 Å². The van der Waals surface area contributed by atoms with Crippen molar-refractivity contribution in [3.63, 3.8) is 0 Å². The highest BCUT2D eigenvalue weighted by molar-refractivity contribution is 7.47. The molecule has 0 aromatic heterocycles. The first-order valence-electron chi connectivity index (χ1n) is 16.4. The predicted octanol–water partition coefficient (Wildman–Crippen LogP) is 7.63. The minimum absolute atomic E-state index is 0.0127. The van der Waals surface area contributed by atoms with Crippen LogP contribution in [0.5, 0.6) is 0 Å². The summed E-state index contributed by atoms with van der Waals surface area (Å²) in [5.41, 5.74) is 5.31. The Morgan fingerprint density at radius 1 is 0.744 bits per heavy atom. The first-order valence-corrected chi connectivity index (χ1v) is 17.9. The summed E-state index contributed by atoms with van der Waals surface area (Å²) in [7, 11) is -4.60. The number of hydrogen-bond acceptors (Lipinski definition) is 8. The van der Waals surface area contributed by atoms with Gasteiger partial charge in [-0.25, -0.2) is 4.57 Å². The SMILES string of the molecule is CCC/C=C\C/C=C\CCCCCCCC(=O)OC(COCCCCCCCCCC)COP(=O)(O)OCC(N)C(=O)O. The number of carbonyl (C=O) groups excluding carboxylic acids is 1. The van der Waals surface area contributed by atoms with Gasteiger partial charge in [-0.1, -0.05) is 109 Å². The van der Waals surface area contributed by atoms with Gasteiger partial charge in [0.15, 0.2) is 0 Å². The molecule has 0 aliphatic heterocycles. The highest BCUT2D eigenvalue weighted by Crippen LogP contribution is 2.43. The Balaban J connectivity index is 4.39. The summed E-state index contributed by atoms with van der Waals surface area (Å²) in [6.45, 7) is 3.74.